The van der Waals surface area contributed by atoms with Gasteiger partial charge in [0.1, 0.15) is 11.6 Å². The molecule has 18 heavy (non-hydrogen) atoms. The zero-order chi connectivity index (χ0) is 13.1. The Morgan fingerprint density at radius 3 is 2.56 bits per heavy atom. The smallest absolute Gasteiger partial charge is 0.141 e. The second-order valence-corrected chi connectivity index (χ2v) is 5.21. The minimum atomic E-state index is -0.444. The molecule has 0 atom stereocenters. The fraction of sp³-hybridized carbons (Fsp3) is 0.0769. The van der Waals surface area contributed by atoms with Crippen LogP contribution in [0, 0.1) is 11.6 Å². The third-order valence-electron chi connectivity index (χ3n) is 2.28. The van der Waals surface area contributed by atoms with Crippen LogP contribution in [0.15, 0.2) is 41.3 Å². The molecule has 0 aliphatic rings. The molecule has 0 saturated heterocycles. The minimum Gasteiger partial charge on any atom is -0.399 e. The Morgan fingerprint density at radius 2 is 1.89 bits per heavy atom. The molecule has 1 nitrogen and oxygen atoms in total. The Morgan fingerprint density at radius 1 is 1.11 bits per heavy atom. The molecule has 0 heterocycles. The lowest BCUT2D eigenvalue weighted by Gasteiger charge is -2.04. The van der Waals surface area contributed by atoms with Crippen LogP contribution in [-0.2, 0) is 5.75 Å². The van der Waals surface area contributed by atoms with Crippen molar-refractivity contribution >= 4 is 29.1 Å². The molecule has 5 heteroatoms. The van der Waals surface area contributed by atoms with Crippen molar-refractivity contribution in [3.05, 3.63) is 58.6 Å². The molecule has 0 spiro atoms. The first-order valence-electron chi connectivity index (χ1n) is 5.17. The average Bonchev–Trinajstić information content (AvgIpc) is 2.29. The second kappa shape index (κ2) is 5.59. The summed E-state index contributed by atoms with van der Waals surface area (Å²) in [6, 6.07) is 8.89. The van der Waals surface area contributed by atoms with Crippen LogP contribution in [0.2, 0.25) is 5.02 Å². The van der Waals surface area contributed by atoms with Crippen LogP contribution in [0.25, 0.3) is 0 Å². The normalized spacial score (nSPS) is 10.6. The lowest BCUT2D eigenvalue weighted by molar-refractivity contribution is 0.625. The average molecular weight is 286 g/mol. The highest BCUT2D eigenvalue weighted by Gasteiger charge is 2.03. The van der Waals surface area contributed by atoms with E-state index in [1.165, 1.54) is 30.0 Å². The van der Waals surface area contributed by atoms with Gasteiger partial charge in [-0.1, -0.05) is 17.7 Å². The van der Waals surface area contributed by atoms with Crippen molar-refractivity contribution in [3.8, 4) is 0 Å². The van der Waals surface area contributed by atoms with Crippen molar-refractivity contribution in [2.75, 3.05) is 5.73 Å². The molecule has 94 valence electrons. The van der Waals surface area contributed by atoms with Gasteiger partial charge in [0.05, 0.1) is 5.02 Å². The summed E-state index contributed by atoms with van der Waals surface area (Å²) in [5.41, 5.74) is 6.80. The van der Waals surface area contributed by atoms with E-state index in [1.54, 1.807) is 18.2 Å². The van der Waals surface area contributed by atoms with Gasteiger partial charge < -0.3 is 5.73 Å². The third kappa shape index (κ3) is 3.37. The largest absolute Gasteiger partial charge is 0.399 e. The van der Waals surface area contributed by atoms with E-state index in [4.69, 9.17) is 17.3 Å². The van der Waals surface area contributed by atoms with Gasteiger partial charge in [-0.15, -0.1) is 11.8 Å². The molecule has 2 N–H and O–H groups in total. The summed E-state index contributed by atoms with van der Waals surface area (Å²) in [5.74, 6) is -0.238. The maximum atomic E-state index is 13.1. The number of benzene rings is 2. The molecular formula is C13H10ClF2NS. The summed E-state index contributed by atoms with van der Waals surface area (Å²) in [7, 11) is 0. The minimum absolute atomic E-state index is 0.0897. The van der Waals surface area contributed by atoms with E-state index in [-0.39, 0.29) is 10.8 Å². The first kappa shape index (κ1) is 13.2. The van der Waals surface area contributed by atoms with Crippen LogP contribution in [0.4, 0.5) is 14.5 Å². The Hall–Kier alpha value is -1.26. The fourth-order valence-electron chi connectivity index (χ4n) is 1.46. The quantitative estimate of drug-likeness (QED) is 0.664. The van der Waals surface area contributed by atoms with Gasteiger partial charge >= 0.3 is 0 Å². The Kier molecular flexibility index (Phi) is 4.09. The predicted molar refractivity (Wildman–Crippen MR) is 71.8 cm³/mol. The molecule has 0 aromatic heterocycles. The number of halogens is 3. The molecule has 2 rings (SSSR count). The molecular weight excluding hydrogens is 276 g/mol. The molecule has 0 saturated carbocycles. The highest BCUT2D eigenvalue weighted by Crippen LogP contribution is 2.27. The van der Waals surface area contributed by atoms with E-state index in [9.17, 15) is 8.78 Å². The van der Waals surface area contributed by atoms with Gasteiger partial charge in [-0.05, 0) is 35.9 Å². The maximum Gasteiger partial charge on any atom is 0.141 e. The number of hydrogen-bond donors (Lipinski definition) is 1. The van der Waals surface area contributed by atoms with E-state index >= 15 is 0 Å². The molecule has 0 aliphatic carbocycles. The Balaban J connectivity index is 2.08. The van der Waals surface area contributed by atoms with Crippen LogP contribution >= 0.6 is 23.4 Å². The number of nitrogen functional groups attached to an aromatic ring is 1. The van der Waals surface area contributed by atoms with Crippen LogP contribution in [0.5, 0.6) is 0 Å². The van der Waals surface area contributed by atoms with E-state index in [1.807, 2.05) is 0 Å². The van der Waals surface area contributed by atoms with Crippen molar-refractivity contribution < 1.29 is 8.78 Å². The molecule has 2 aromatic rings. The van der Waals surface area contributed by atoms with Crippen molar-refractivity contribution in [1.82, 2.24) is 0 Å². The van der Waals surface area contributed by atoms with Crippen LogP contribution in [0.1, 0.15) is 5.56 Å². The van der Waals surface area contributed by atoms with Crippen LogP contribution in [-0.4, -0.2) is 0 Å². The van der Waals surface area contributed by atoms with E-state index in [0.29, 0.717) is 11.4 Å². The Labute approximate surface area is 113 Å². The number of anilines is 1. The van der Waals surface area contributed by atoms with Gasteiger partial charge in [0.25, 0.3) is 0 Å². The molecule has 2 aromatic carbocycles. The van der Waals surface area contributed by atoms with Gasteiger partial charge in [0.2, 0.25) is 0 Å². The molecule has 0 bridgehead atoms. The van der Waals surface area contributed by atoms with Gasteiger partial charge in [0, 0.05) is 16.3 Å². The zero-order valence-electron chi connectivity index (χ0n) is 9.29. The lowest BCUT2D eigenvalue weighted by atomic mass is 10.2. The van der Waals surface area contributed by atoms with Crippen molar-refractivity contribution in [2.24, 2.45) is 0 Å². The van der Waals surface area contributed by atoms with Gasteiger partial charge in [-0.2, -0.15) is 0 Å². The van der Waals surface area contributed by atoms with Crippen molar-refractivity contribution in [3.63, 3.8) is 0 Å². The predicted octanol–water partition coefficient (Wildman–Crippen LogP) is 4.49. The first-order valence-corrected chi connectivity index (χ1v) is 6.54. The SMILES string of the molecule is Nc1cc(F)cc(SCc2ccc(F)c(Cl)c2)c1. The standard InChI is InChI=1S/C13H10ClF2NS/c14-12-3-8(1-2-13(12)16)7-18-11-5-9(15)4-10(17)6-11/h1-6H,7,17H2. The lowest BCUT2D eigenvalue weighted by Crippen LogP contribution is -1.88. The number of rotatable bonds is 3. The van der Waals surface area contributed by atoms with Crippen molar-refractivity contribution in [2.45, 2.75) is 10.6 Å². The number of hydrogen-bond acceptors (Lipinski definition) is 2. The van der Waals surface area contributed by atoms with E-state index < -0.39 is 5.82 Å². The van der Waals surface area contributed by atoms with Crippen molar-refractivity contribution in [1.29, 1.82) is 0 Å². The topological polar surface area (TPSA) is 26.0 Å². The Bertz CT molecular complexity index is 555. The molecule has 0 fully saturated rings. The second-order valence-electron chi connectivity index (χ2n) is 3.76. The summed E-state index contributed by atoms with van der Waals surface area (Å²) in [6.07, 6.45) is 0. The summed E-state index contributed by atoms with van der Waals surface area (Å²) in [6.45, 7) is 0. The first-order chi connectivity index (χ1) is 8.54. The summed E-state index contributed by atoms with van der Waals surface area (Å²) >= 11 is 7.10. The number of nitrogens with two attached hydrogens (primary N) is 1. The third-order valence-corrected chi connectivity index (χ3v) is 3.62. The maximum absolute atomic E-state index is 13.1. The monoisotopic (exact) mass is 285 g/mol. The fourth-order valence-corrected chi connectivity index (χ4v) is 2.60. The molecule has 0 aliphatic heterocycles. The molecule has 0 amide bonds. The van der Waals surface area contributed by atoms with Crippen LogP contribution < -0.4 is 5.73 Å². The zero-order valence-corrected chi connectivity index (χ0v) is 10.9. The van der Waals surface area contributed by atoms with Gasteiger partial charge in [0.15, 0.2) is 0 Å². The van der Waals surface area contributed by atoms with E-state index in [0.717, 1.165) is 10.5 Å². The highest BCUT2D eigenvalue weighted by molar-refractivity contribution is 7.98. The summed E-state index contributed by atoms with van der Waals surface area (Å²) in [4.78, 5) is 0.730. The summed E-state index contributed by atoms with van der Waals surface area (Å²) in [5, 5.41) is 0.0897. The van der Waals surface area contributed by atoms with E-state index in [2.05, 4.69) is 0 Å². The molecule has 0 unspecified atom stereocenters. The van der Waals surface area contributed by atoms with Gasteiger partial charge in [-0.3, -0.25) is 0 Å². The summed E-state index contributed by atoms with van der Waals surface area (Å²) < 4.78 is 26.1. The van der Waals surface area contributed by atoms with Crippen LogP contribution in [0.3, 0.4) is 0 Å². The number of thioether (sulfide) groups is 1. The molecule has 0 radical (unpaired) electrons. The highest BCUT2D eigenvalue weighted by atomic mass is 35.5. The van der Waals surface area contributed by atoms with Gasteiger partial charge in [-0.25, -0.2) is 8.78 Å².